The standard InChI is InChI=1S/C26H26N5O/c32-31-23-12-11-22(29-17-15-28(16-18-29)21-9-5-2-6-10-21)19-24(23)30-14-13-27-26(30)25(31)20-7-3-1-4-8-20/h1-7,9-14,19-20,27H,8,15-18H2/q-1. The van der Waals surface area contributed by atoms with Crippen molar-refractivity contribution in [3.63, 3.8) is 0 Å². The molecule has 0 saturated carbocycles. The van der Waals surface area contributed by atoms with Crippen LogP contribution in [0.2, 0.25) is 0 Å². The highest BCUT2D eigenvalue weighted by molar-refractivity contribution is 5.84. The second kappa shape index (κ2) is 7.80. The first-order valence-electron chi connectivity index (χ1n) is 11.3. The van der Waals surface area contributed by atoms with E-state index in [0.717, 1.165) is 60.6 Å². The van der Waals surface area contributed by atoms with E-state index in [1.54, 1.807) is 0 Å². The van der Waals surface area contributed by atoms with Gasteiger partial charge in [0, 0.05) is 55.9 Å². The summed E-state index contributed by atoms with van der Waals surface area (Å²) in [7, 11) is 0. The number of fused-ring (bicyclic) bond motifs is 3. The van der Waals surface area contributed by atoms with Crippen molar-refractivity contribution >= 4 is 22.7 Å². The van der Waals surface area contributed by atoms with Crippen molar-refractivity contribution in [3.05, 3.63) is 102 Å². The minimum atomic E-state index is 0.0706. The summed E-state index contributed by atoms with van der Waals surface area (Å²) < 4.78 is 0. The number of hydrogen-bond acceptors (Lipinski definition) is 6. The zero-order chi connectivity index (χ0) is 21.5. The molecule has 2 aromatic rings. The molecule has 3 heterocycles. The fraction of sp³-hybridized carbons (Fsp3) is 0.231. The van der Waals surface area contributed by atoms with Crippen LogP contribution < -0.4 is 25.1 Å². The lowest BCUT2D eigenvalue weighted by molar-refractivity contribution is 0.653. The number of nitrogens with one attached hydrogen (secondary N) is 1. The van der Waals surface area contributed by atoms with Crippen LogP contribution in [-0.4, -0.2) is 26.2 Å². The molecule has 1 unspecified atom stereocenters. The van der Waals surface area contributed by atoms with Crippen molar-refractivity contribution in [2.24, 2.45) is 5.92 Å². The zero-order valence-electron chi connectivity index (χ0n) is 17.9. The van der Waals surface area contributed by atoms with E-state index in [9.17, 15) is 5.21 Å². The quantitative estimate of drug-likeness (QED) is 0.782. The minimum absolute atomic E-state index is 0.0706. The molecule has 0 spiro atoms. The Morgan fingerprint density at radius 2 is 1.62 bits per heavy atom. The molecule has 1 atom stereocenters. The summed E-state index contributed by atoms with van der Waals surface area (Å²) in [5.41, 5.74) is 4.84. The van der Waals surface area contributed by atoms with Gasteiger partial charge in [-0.1, -0.05) is 42.5 Å². The molecule has 162 valence electrons. The number of para-hydroxylation sites is 1. The lowest BCUT2D eigenvalue weighted by Gasteiger charge is -2.45. The Labute approximate surface area is 188 Å². The Hall–Kier alpha value is -3.64. The second-order valence-corrected chi connectivity index (χ2v) is 8.50. The van der Waals surface area contributed by atoms with Crippen LogP contribution in [0.3, 0.4) is 0 Å². The SMILES string of the molecule is [O-]N1C(C2C=CC=CC2)=C2NC=CN2c2cc(N3CCN(c4ccccc4)CC3)ccc21. The van der Waals surface area contributed by atoms with Crippen LogP contribution in [0.15, 0.2) is 96.8 Å². The van der Waals surface area contributed by atoms with Crippen molar-refractivity contribution in [1.82, 2.24) is 5.32 Å². The van der Waals surface area contributed by atoms with Gasteiger partial charge in [0.2, 0.25) is 0 Å². The van der Waals surface area contributed by atoms with Crippen LogP contribution >= 0.6 is 0 Å². The number of rotatable bonds is 3. The first-order chi connectivity index (χ1) is 15.8. The second-order valence-electron chi connectivity index (χ2n) is 8.50. The summed E-state index contributed by atoms with van der Waals surface area (Å²) in [4.78, 5) is 6.96. The molecule has 0 aromatic heterocycles. The summed E-state index contributed by atoms with van der Waals surface area (Å²) in [6.45, 7) is 3.87. The maximum absolute atomic E-state index is 13.4. The van der Waals surface area contributed by atoms with Gasteiger partial charge in [-0.2, -0.15) is 0 Å². The van der Waals surface area contributed by atoms with Crippen LogP contribution in [0.5, 0.6) is 0 Å². The third-order valence-corrected chi connectivity index (χ3v) is 6.68. The van der Waals surface area contributed by atoms with Gasteiger partial charge in [0.25, 0.3) is 0 Å². The minimum Gasteiger partial charge on any atom is -0.754 e. The molecule has 1 N–H and O–H groups in total. The Balaban J connectivity index is 1.26. The molecule has 6 nitrogen and oxygen atoms in total. The third-order valence-electron chi connectivity index (χ3n) is 6.68. The van der Waals surface area contributed by atoms with Crippen molar-refractivity contribution in [1.29, 1.82) is 0 Å². The number of nitrogens with zero attached hydrogens (tertiary/aromatic N) is 4. The predicted molar refractivity (Wildman–Crippen MR) is 131 cm³/mol. The summed E-state index contributed by atoms with van der Waals surface area (Å²) in [5.74, 6) is 0.935. The van der Waals surface area contributed by atoms with Crippen molar-refractivity contribution in [2.45, 2.75) is 6.42 Å². The first-order valence-corrected chi connectivity index (χ1v) is 11.3. The van der Waals surface area contributed by atoms with Gasteiger partial charge in [-0.05, 0) is 36.8 Å². The Bertz CT molecular complexity index is 1130. The predicted octanol–water partition coefficient (Wildman–Crippen LogP) is 4.51. The molecular weight excluding hydrogens is 398 g/mol. The van der Waals surface area contributed by atoms with E-state index in [1.165, 1.54) is 5.69 Å². The van der Waals surface area contributed by atoms with Crippen LogP contribution in [0.1, 0.15) is 6.42 Å². The van der Waals surface area contributed by atoms with Crippen LogP contribution in [0.4, 0.5) is 22.7 Å². The average molecular weight is 425 g/mol. The molecule has 2 aromatic carbocycles. The lowest BCUT2D eigenvalue weighted by atomic mass is 9.95. The van der Waals surface area contributed by atoms with Gasteiger partial charge in [0.15, 0.2) is 0 Å². The fourth-order valence-electron chi connectivity index (χ4n) is 5.00. The Morgan fingerprint density at radius 1 is 0.844 bits per heavy atom. The molecule has 0 radical (unpaired) electrons. The van der Waals surface area contributed by atoms with E-state index in [4.69, 9.17) is 0 Å². The first kappa shape index (κ1) is 19.1. The smallest absolute Gasteiger partial charge is 0.134 e. The number of benzene rings is 2. The zero-order valence-corrected chi connectivity index (χ0v) is 17.9. The number of hydroxylamine groups is 1. The highest BCUT2D eigenvalue weighted by Gasteiger charge is 2.32. The Morgan fingerprint density at radius 3 is 2.38 bits per heavy atom. The molecule has 6 rings (SSSR count). The number of anilines is 4. The number of allylic oxidation sites excluding steroid dienone is 4. The maximum Gasteiger partial charge on any atom is 0.134 e. The molecule has 32 heavy (non-hydrogen) atoms. The Kier molecular flexibility index (Phi) is 4.65. The molecule has 1 aliphatic carbocycles. The molecule has 3 aliphatic heterocycles. The summed E-state index contributed by atoms with van der Waals surface area (Å²) in [6.07, 6.45) is 13.0. The van der Waals surface area contributed by atoms with Gasteiger partial charge >= 0.3 is 0 Å². The van der Waals surface area contributed by atoms with E-state index in [2.05, 4.69) is 74.6 Å². The van der Waals surface area contributed by atoms with E-state index in [-0.39, 0.29) is 5.92 Å². The van der Waals surface area contributed by atoms with Crippen LogP contribution in [0, 0.1) is 11.1 Å². The number of hydrogen-bond donors (Lipinski definition) is 1. The van der Waals surface area contributed by atoms with Crippen molar-refractivity contribution < 1.29 is 0 Å². The van der Waals surface area contributed by atoms with Gasteiger partial charge in [0.1, 0.15) is 5.82 Å². The largest absolute Gasteiger partial charge is 0.754 e. The van der Waals surface area contributed by atoms with Crippen molar-refractivity contribution in [3.8, 4) is 0 Å². The van der Waals surface area contributed by atoms with E-state index >= 15 is 0 Å². The molecule has 0 bridgehead atoms. The summed E-state index contributed by atoms with van der Waals surface area (Å²) in [6, 6.07) is 16.8. The maximum atomic E-state index is 13.4. The van der Waals surface area contributed by atoms with E-state index in [0.29, 0.717) is 5.69 Å². The highest BCUT2D eigenvalue weighted by atomic mass is 16.5. The molecule has 1 saturated heterocycles. The lowest BCUT2D eigenvalue weighted by Crippen LogP contribution is -2.46. The van der Waals surface area contributed by atoms with Crippen LogP contribution in [-0.2, 0) is 0 Å². The van der Waals surface area contributed by atoms with E-state index < -0.39 is 0 Å². The van der Waals surface area contributed by atoms with E-state index in [1.807, 2.05) is 30.6 Å². The normalized spacial score (nSPS) is 21.7. The van der Waals surface area contributed by atoms with Crippen molar-refractivity contribution in [2.75, 3.05) is 45.9 Å². The van der Waals surface area contributed by atoms with Crippen LogP contribution in [0.25, 0.3) is 0 Å². The number of piperazine rings is 1. The topological polar surface area (TPSA) is 48.1 Å². The fourth-order valence-corrected chi connectivity index (χ4v) is 5.00. The van der Waals surface area contributed by atoms with Gasteiger partial charge < -0.3 is 25.4 Å². The molecule has 4 aliphatic rings. The molecule has 1 fully saturated rings. The van der Waals surface area contributed by atoms with Gasteiger partial charge in [-0.15, -0.1) is 0 Å². The monoisotopic (exact) mass is 424 g/mol. The highest BCUT2D eigenvalue weighted by Crippen LogP contribution is 2.45. The molecule has 0 amide bonds. The molecular formula is C26H26N5O-. The summed E-state index contributed by atoms with van der Waals surface area (Å²) >= 11 is 0. The van der Waals surface area contributed by atoms with Gasteiger partial charge in [-0.25, -0.2) is 0 Å². The summed E-state index contributed by atoms with van der Waals surface area (Å²) in [5, 5.41) is 17.9. The molecule has 6 heteroatoms. The van der Waals surface area contributed by atoms with Gasteiger partial charge in [0.05, 0.1) is 17.1 Å². The third kappa shape index (κ3) is 3.15. The van der Waals surface area contributed by atoms with Gasteiger partial charge in [-0.3, -0.25) is 4.90 Å². The average Bonchev–Trinajstić information content (AvgIpc) is 3.35.